The third-order valence-corrected chi connectivity index (χ3v) is 2.89. The molecule has 0 amide bonds. The Kier molecular flexibility index (Phi) is 3.63. The highest BCUT2D eigenvalue weighted by molar-refractivity contribution is 5.98. The van der Waals surface area contributed by atoms with Crippen LogP contribution in [0.15, 0.2) is 49.7 Å². The largest absolute Gasteiger partial charge is 0.364 e. The number of carbonyl (C=O) groups excluding carboxylic acids is 1. The highest BCUT2D eigenvalue weighted by Crippen LogP contribution is 2.24. The molecule has 0 unspecified atom stereocenters. The number of aromatic amines is 1. The van der Waals surface area contributed by atoms with Gasteiger partial charge in [-0.3, -0.25) is 4.79 Å². The van der Waals surface area contributed by atoms with Gasteiger partial charge in [-0.2, -0.15) is 0 Å². The first-order valence-electron chi connectivity index (χ1n) is 5.83. The van der Waals surface area contributed by atoms with Gasteiger partial charge in [0.1, 0.15) is 0 Å². The molecule has 0 atom stereocenters. The van der Waals surface area contributed by atoms with Crippen LogP contribution in [-0.2, 0) is 0 Å². The Morgan fingerprint density at radius 2 is 1.94 bits per heavy atom. The van der Waals surface area contributed by atoms with Gasteiger partial charge in [0.05, 0.1) is 0 Å². The summed E-state index contributed by atoms with van der Waals surface area (Å²) in [6.45, 7) is 9.01. The normalized spacial score (nSPS) is 10.2. The molecule has 3 nitrogen and oxygen atoms in total. The molecule has 0 saturated carbocycles. The van der Waals surface area contributed by atoms with Crippen LogP contribution in [0.2, 0.25) is 0 Å². The van der Waals surface area contributed by atoms with Crippen LogP contribution in [0.4, 0.5) is 5.69 Å². The average molecular weight is 240 g/mol. The topological polar surface area (TPSA) is 36.1 Å². The van der Waals surface area contributed by atoms with Crippen molar-refractivity contribution in [3.05, 3.63) is 55.3 Å². The molecule has 1 aromatic heterocycles. The van der Waals surface area contributed by atoms with Gasteiger partial charge in [-0.25, -0.2) is 0 Å². The zero-order valence-corrected chi connectivity index (χ0v) is 10.2. The molecular formula is C15H16N2O. The quantitative estimate of drug-likeness (QED) is 0.622. The van der Waals surface area contributed by atoms with Crippen molar-refractivity contribution in [2.45, 2.75) is 0 Å². The second-order valence-corrected chi connectivity index (χ2v) is 4.07. The van der Waals surface area contributed by atoms with Gasteiger partial charge in [-0.1, -0.05) is 12.2 Å². The van der Waals surface area contributed by atoms with E-state index in [1.807, 2.05) is 30.4 Å². The minimum atomic E-state index is 0.684. The maximum atomic E-state index is 10.9. The number of hydrogen-bond acceptors (Lipinski definition) is 2. The lowest BCUT2D eigenvalue weighted by Gasteiger charge is -2.21. The Balaban J connectivity index is 2.45. The minimum absolute atomic E-state index is 0.684. The van der Waals surface area contributed by atoms with E-state index in [1.165, 1.54) is 0 Å². The molecule has 18 heavy (non-hydrogen) atoms. The van der Waals surface area contributed by atoms with Gasteiger partial charge in [0.25, 0.3) is 0 Å². The number of carbonyl (C=O) groups is 1. The number of hydrogen-bond donors (Lipinski definition) is 1. The predicted molar refractivity (Wildman–Crippen MR) is 76.3 cm³/mol. The summed E-state index contributed by atoms with van der Waals surface area (Å²) in [5, 5.41) is 0.945. The zero-order chi connectivity index (χ0) is 13.0. The summed E-state index contributed by atoms with van der Waals surface area (Å²) in [7, 11) is 0. The Bertz CT molecular complexity index is 573. The predicted octanol–water partition coefficient (Wildman–Crippen LogP) is 3.16. The second-order valence-electron chi connectivity index (χ2n) is 4.07. The number of H-pyrrole nitrogens is 1. The fourth-order valence-electron chi connectivity index (χ4n) is 2.02. The van der Waals surface area contributed by atoms with Gasteiger partial charge < -0.3 is 9.88 Å². The number of nitrogens with zero attached hydrogens (tertiary/aromatic N) is 1. The summed E-state index contributed by atoms with van der Waals surface area (Å²) in [6, 6.07) is 6.03. The van der Waals surface area contributed by atoms with E-state index in [0.717, 1.165) is 36.0 Å². The molecule has 3 heteroatoms. The maximum absolute atomic E-state index is 10.9. The molecule has 0 aliphatic rings. The minimum Gasteiger partial charge on any atom is -0.364 e. The molecule has 0 spiro atoms. The standard InChI is InChI=1S/C15H16N2O/c1-3-7-17(8-4-2)13-5-6-15-14(9-13)12(11-18)10-16-15/h3-6,9-11,16H,1-2,7-8H2. The van der Waals surface area contributed by atoms with Crippen LogP contribution < -0.4 is 4.90 Å². The molecule has 0 fully saturated rings. The average Bonchev–Trinajstić information content (AvgIpc) is 2.80. The monoisotopic (exact) mass is 240 g/mol. The van der Waals surface area contributed by atoms with Crippen molar-refractivity contribution in [3.8, 4) is 0 Å². The summed E-state index contributed by atoms with van der Waals surface area (Å²) in [6.07, 6.45) is 6.30. The molecule has 1 aromatic carbocycles. The van der Waals surface area contributed by atoms with Gasteiger partial charge in [-0.15, -0.1) is 13.2 Å². The molecule has 92 valence electrons. The zero-order valence-electron chi connectivity index (χ0n) is 10.2. The Hall–Kier alpha value is -2.29. The van der Waals surface area contributed by atoms with Crippen LogP contribution in [-0.4, -0.2) is 24.4 Å². The van der Waals surface area contributed by atoms with Crippen molar-refractivity contribution in [2.24, 2.45) is 0 Å². The third-order valence-electron chi connectivity index (χ3n) is 2.89. The highest BCUT2D eigenvalue weighted by atomic mass is 16.1. The second kappa shape index (κ2) is 5.36. The van der Waals surface area contributed by atoms with Gasteiger partial charge in [0.15, 0.2) is 6.29 Å². The molecule has 1 N–H and O–H groups in total. The van der Waals surface area contributed by atoms with Crippen molar-refractivity contribution in [1.29, 1.82) is 0 Å². The molecule has 2 rings (SSSR count). The highest BCUT2D eigenvalue weighted by Gasteiger charge is 2.07. The van der Waals surface area contributed by atoms with E-state index in [9.17, 15) is 4.79 Å². The number of nitrogens with one attached hydrogen (secondary N) is 1. The van der Waals surface area contributed by atoms with E-state index < -0.39 is 0 Å². The van der Waals surface area contributed by atoms with Crippen molar-refractivity contribution >= 4 is 22.9 Å². The van der Waals surface area contributed by atoms with Crippen molar-refractivity contribution < 1.29 is 4.79 Å². The van der Waals surface area contributed by atoms with E-state index in [-0.39, 0.29) is 0 Å². The Morgan fingerprint density at radius 1 is 1.22 bits per heavy atom. The number of aldehydes is 1. The lowest BCUT2D eigenvalue weighted by molar-refractivity contribution is 0.112. The fourth-order valence-corrected chi connectivity index (χ4v) is 2.02. The third kappa shape index (κ3) is 2.20. The molecule has 1 heterocycles. The first kappa shape index (κ1) is 12.2. The lowest BCUT2D eigenvalue weighted by atomic mass is 10.1. The summed E-state index contributed by atoms with van der Waals surface area (Å²) >= 11 is 0. The number of anilines is 1. The van der Waals surface area contributed by atoms with Crippen LogP contribution in [0.25, 0.3) is 10.9 Å². The number of aromatic nitrogens is 1. The van der Waals surface area contributed by atoms with Crippen LogP contribution >= 0.6 is 0 Å². The van der Waals surface area contributed by atoms with E-state index >= 15 is 0 Å². The lowest BCUT2D eigenvalue weighted by Crippen LogP contribution is -2.22. The first-order chi connectivity index (χ1) is 8.80. The molecule has 0 aliphatic heterocycles. The van der Waals surface area contributed by atoms with Crippen LogP contribution in [0, 0.1) is 0 Å². The SMILES string of the molecule is C=CCN(CC=C)c1ccc2[nH]cc(C=O)c2c1. The summed E-state index contributed by atoms with van der Waals surface area (Å²) in [4.78, 5) is 16.2. The maximum Gasteiger partial charge on any atom is 0.152 e. The van der Waals surface area contributed by atoms with Crippen LogP contribution in [0.5, 0.6) is 0 Å². The van der Waals surface area contributed by atoms with Gasteiger partial charge >= 0.3 is 0 Å². The van der Waals surface area contributed by atoms with Gasteiger partial charge in [0, 0.05) is 41.4 Å². The van der Waals surface area contributed by atoms with Crippen molar-refractivity contribution in [1.82, 2.24) is 4.98 Å². The number of rotatable bonds is 6. The van der Waals surface area contributed by atoms with Crippen molar-refractivity contribution in [2.75, 3.05) is 18.0 Å². The van der Waals surface area contributed by atoms with Crippen LogP contribution in [0.1, 0.15) is 10.4 Å². The Labute approximate surface area is 106 Å². The molecule has 0 aliphatic carbocycles. The summed E-state index contributed by atoms with van der Waals surface area (Å²) in [5.74, 6) is 0. The van der Waals surface area contributed by atoms with Gasteiger partial charge in [0.2, 0.25) is 0 Å². The molecular weight excluding hydrogens is 224 g/mol. The summed E-state index contributed by atoms with van der Waals surface area (Å²) < 4.78 is 0. The summed E-state index contributed by atoms with van der Waals surface area (Å²) in [5.41, 5.74) is 2.71. The number of benzene rings is 1. The van der Waals surface area contributed by atoms with Crippen LogP contribution in [0.3, 0.4) is 0 Å². The van der Waals surface area contributed by atoms with E-state index in [2.05, 4.69) is 23.0 Å². The Morgan fingerprint density at radius 3 is 2.56 bits per heavy atom. The van der Waals surface area contributed by atoms with E-state index in [1.54, 1.807) is 6.20 Å². The van der Waals surface area contributed by atoms with Gasteiger partial charge in [-0.05, 0) is 18.2 Å². The fraction of sp³-hybridized carbons (Fsp3) is 0.133. The first-order valence-corrected chi connectivity index (χ1v) is 5.83. The van der Waals surface area contributed by atoms with E-state index in [4.69, 9.17) is 0 Å². The van der Waals surface area contributed by atoms with E-state index in [0.29, 0.717) is 5.56 Å². The van der Waals surface area contributed by atoms with Crippen molar-refractivity contribution in [3.63, 3.8) is 0 Å². The molecule has 2 aromatic rings. The number of fused-ring (bicyclic) bond motifs is 1. The molecule has 0 radical (unpaired) electrons. The molecule has 0 bridgehead atoms. The smallest absolute Gasteiger partial charge is 0.152 e. The molecule has 0 saturated heterocycles.